The molecule has 0 spiro atoms. The van der Waals surface area contributed by atoms with Crippen LogP contribution in [0.3, 0.4) is 0 Å². The van der Waals surface area contributed by atoms with Crippen LogP contribution >= 0.6 is 0 Å². The normalized spacial score (nSPS) is 10.2. The van der Waals surface area contributed by atoms with E-state index in [-0.39, 0.29) is 5.91 Å². The summed E-state index contributed by atoms with van der Waals surface area (Å²) in [7, 11) is 0. The molecule has 0 aliphatic rings. The van der Waals surface area contributed by atoms with Crippen LogP contribution in [0.2, 0.25) is 0 Å². The number of carbonyl (C=O) groups excluding carboxylic acids is 1. The smallest absolute Gasteiger partial charge is 0.254 e. The standard InChI is InChI=1S/C16H20N4O/c1-3-18-15-10-12(2)20-11-14(15)16(21)19-9-6-13-4-7-17-8-5-13/h4-5,7-8,10-11H,3,6,9H2,1-2H3,(H,18,20)(H,19,21). The van der Waals surface area contributed by atoms with Gasteiger partial charge in [-0.2, -0.15) is 0 Å². The minimum atomic E-state index is -0.104. The number of aryl methyl sites for hydroxylation is 1. The number of carbonyl (C=O) groups is 1. The summed E-state index contributed by atoms with van der Waals surface area (Å²) in [6.45, 7) is 5.26. The number of amides is 1. The summed E-state index contributed by atoms with van der Waals surface area (Å²) in [6, 6.07) is 5.79. The van der Waals surface area contributed by atoms with Gasteiger partial charge in [-0.3, -0.25) is 14.8 Å². The number of anilines is 1. The summed E-state index contributed by atoms with van der Waals surface area (Å²) in [5.41, 5.74) is 3.45. The van der Waals surface area contributed by atoms with E-state index < -0.39 is 0 Å². The largest absolute Gasteiger partial charge is 0.385 e. The van der Waals surface area contributed by atoms with Gasteiger partial charge in [-0.1, -0.05) is 0 Å². The van der Waals surface area contributed by atoms with Crippen molar-refractivity contribution >= 4 is 11.6 Å². The lowest BCUT2D eigenvalue weighted by atomic mass is 10.1. The number of nitrogens with zero attached hydrogens (tertiary/aromatic N) is 2. The van der Waals surface area contributed by atoms with E-state index in [9.17, 15) is 4.79 Å². The van der Waals surface area contributed by atoms with Crippen molar-refractivity contribution in [3.8, 4) is 0 Å². The number of aromatic nitrogens is 2. The molecule has 2 rings (SSSR count). The Labute approximate surface area is 124 Å². The zero-order valence-corrected chi connectivity index (χ0v) is 12.4. The van der Waals surface area contributed by atoms with Gasteiger partial charge in [0.2, 0.25) is 0 Å². The van der Waals surface area contributed by atoms with E-state index >= 15 is 0 Å². The quantitative estimate of drug-likeness (QED) is 0.853. The van der Waals surface area contributed by atoms with Crippen LogP contribution in [0.4, 0.5) is 5.69 Å². The van der Waals surface area contributed by atoms with E-state index in [2.05, 4.69) is 20.6 Å². The van der Waals surface area contributed by atoms with Gasteiger partial charge in [-0.15, -0.1) is 0 Å². The third kappa shape index (κ3) is 4.27. The van der Waals surface area contributed by atoms with Gasteiger partial charge >= 0.3 is 0 Å². The molecule has 0 unspecified atom stereocenters. The average molecular weight is 284 g/mol. The minimum absolute atomic E-state index is 0.104. The Morgan fingerprint density at radius 1 is 1.29 bits per heavy atom. The predicted octanol–water partition coefficient (Wildman–Crippen LogP) is 2.19. The summed E-state index contributed by atoms with van der Waals surface area (Å²) in [6.07, 6.45) is 5.91. The molecule has 1 amide bonds. The molecule has 110 valence electrons. The van der Waals surface area contributed by atoms with E-state index in [1.165, 1.54) is 0 Å². The zero-order valence-electron chi connectivity index (χ0n) is 12.4. The Bertz CT molecular complexity index is 598. The highest BCUT2D eigenvalue weighted by Gasteiger charge is 2.11. The molecule has 0 fully saturated rings. The summed E-state index contributed by atoms with van der Waals surface area (Å²) >= 11 is 0. The van der Waals surface area contributed by atoms with Crippen molar-refractivity contribution in [1.82, 2.24) is 15.3 Å². The maximum Gasteiger partial charge on any atom is 0.254 e. The first-order valence-corrected chi connectivity index (χ1v) is 7.08. The lowest BCUT2D eigenvalue weighted by Gasteiger charge is -2.11. The topological polar surface area (TPSA) is 66.9 Å². The Kier molecular flexibility index (Phi) is 5.26. The molecule has 5 nitrogen and oxygen atoms in total. The van der Waals surface area contributed by atoms with Gasteiger partial charge in [0.1, 0.15) is 0 Å². The molecule has 2 aromatic rings. The monoisotopic (exact) mass is 284 g/mol. The molecular formula is C16H20N4O. The van der Waals surface area contributed by atoms with Crippen LogP contribution in [0.25, 0.3) is 0 Å². The van der Waals surface area contributed by atoms with Gasteiger partial charge in [0.05, 0.1) is 11.3 Å². The molecule has 0 atom stereocenters. The number of hydrogen-bond acceptors (Lipinski definition) is 4. The number of rotatable bonds is 6. The summed E-state index contributed by atoms with van der Waals surface area (Å²) in [5, 5.41) is 6.12. The van der Waals surface area contributed by atoms with Crippen LogP contribution in [0.5, 0.6) is 0 Å². The molecular weight excluding hydrogens is 264 g/mol. The Morgan fingerprint density at radius 2 is 2.05 bits per heavy atom. The van der Waals surface area contributed by atoms with Gasteiger partial charge in [-0.25, -0.2) is 0 Å². The fourth-order valence-corrected chi connectivity index (χ4v) is 2.04. The van der Waals surface area contributed by atoms with Crippen molar-refractivity contribution in [2.24, 2.45) is 0 Å². The number of nitrogens with one attached hydrogen (secondary N) is 2. The number of pyridine rings is 2. The van der Waals surface area contributed by atoms with Crippen LogP contribution in [-0.4, -0.2) is 29.0 Å². The third-order valence-corrected chi connectivity index (χ3v) is 3.10. The van der Waals surface area contributed by atoms with Gasteiger partial charge in [0.25, 0.3) is 5.91 Å². The first-order chi connectivity index (χ1) is 10.2. The second-order valence-electron chi connectivity index (χ2n) is 4.76. The van der Waals surface area contributed by atoms with Crippen LogP contribution in [-0.2, 0) is 6.42 Å². The van der Waals surface area contributed by atoms with E-state index in [1.807, 2.05) is 32.0 Å². The van der Waals surface area contributed by atoms with Crippen molar-refractivity contribution in [2.75, 3.05) is 18.4 Å². The zero-order chi connectivity index (χ0) is 15.1. The maximum absolute atomic E-state index is 12.2. The second kappa shape index (κ2) is 7.38. The van der Waals surface area contributed by atoms with Crippen LogP contribution in [0, 0.1) is 6.92 Å². The first kappa shape index (κ1) is 15.0. The second-order valence-corrected chi connectivity index (χ2v) is 4.76. The Morgan fingerprint density at radius 3 is 2.76 bits per heavy atom. The molecule has 21 heavy (non-hydrogen) atoms. The maximum atomic E-state index is 12.2. The molecule has 0 saturated heterocycles. The van der Waals surface area contributed by atoms with Crippen molar-refractivity contribution in [3.63, 3.8) is 0 Å². The van der Waals surface area contributed by atoms with Crippen molar-refractivity contribution in [3.05, 3.63) is 53.6 Å². The van der Waals surface area contributed by atoms with E-state index in [0.717, 1.165) is 29.9 Å². The third-order valence-electron chi connectivity index (χ3n) is 3.10. The highest BCUT2D eigenvalue weighted by Crippen LogP contribution is 2.15. The SMILES string of the molecule is CCNc1cc(C)ncc1C(=O)NCCc1ccncc1. The minimum Gasteiger partial charge on any atom is -0.385 e. The molecule has 0 aliphatic carbocycles. The highest BCUT2D eigenvalue weighted by molar-refractivity contribution is 5.99. The molecule has 2 heterocycles. The fraction of sp³-hybridized carbons (Fsp3) is 0.312. The van der Waals surface area contributed by atoms with Gasteiger partial charge < -0.3 is 10.6 Å². The molecule has 0 radical (unpaired) electrons. The summed E-state index contributed by atoms with van der Waals surface area (Å²) in [4.78, 5) is 20.4. The lowest BCUT2D eigenvalue weighted by molar-refractivity contribution is 0.0954. The molecule has 2 aromatic heterocycles. The lowest BCUT2D eigenvalue weighted by Crippen LogP contribution is -2.26. The van der Waals surface area contributed by atoms with E-state index in [4.69, 9.17) is 0 Å². The molecule has 5 heteroatoms. The first-order valence-electron chi connectivity index (χ1n) is 7.08. The van der Waals surface area contributed by atoms with Gasteiger partial charge in [0.15, 0.2) is 0 Å². The van der Waals surface area contributed by atoms with Crippen LogP contribution in [0.1, 0.15) is 28.5 Å². The Hall–Kier alpha value is -2.43. The van der Waals surface area contributed by atoms with Crippen molar-refractivity contribution < 1.29 is 4.79 Å². The number of hydrogen-bond donors (Lipinski definition) is 2. The predicted molar refractivity (Wildman–Crippen MR) is 83.4 cm³/mol. The fourth-order valence-electron chi connectivity index (χ4n) is 2.04. The Balaban J connectivity index is 1.97. The molecule has 0 saturated carbocycles. The molecule has 0 aromatic carbocycles. The highest BCUT2D eigenvalue weighted by atomic mass is 16.1. The van der Waals surface area contributed by atoms with Gasteiger partial charge in [0, 0.05) is 37.4 Å². The molecule has 2 N–H and O–H groups in total. The summed E-state index contributed by atoms with van der Waals surface area (Å²) in [5.74, 6) is -0.104. The van der Waals surface area contributed by atoms with Crippen molar-refractivity contribution in [1.29, 1.82) is 0 Å². The van der Waals surface area contributed by atoms with Crippen molar-refractivity contribution in [2.45, 2.75) is 20.3 Å². The van der Waals surface area contributed by atoms with Crippen LogP contribution in [0.15, 0.2) is 36.8 Å². The van der Waals surface area contributed by atoms with Gasteiger partial charge in [-0.05, 0) is 44.0 Å². The van der Waals surface area contributed by atoms with E-state index in [1.54, 1.807) is 18.6 Å². The van der Waals surface area contributed by atoms with Crippen LogP contribution < -0.4 is 10.6 Å². The average Bonchev–Trinajstić information content (AvgIpc) is 2.49. The molecule has 0 bridgehead atoms. The summed E-state index contributed by atoms with van der Waals surface area (Å²) < 4.78 is 0. The molecule has 0 aliphatic heterocycles. The van der Waals surface area contributed by atoms with E-state index in [0.29, 0.717) is 12.1 Å².